The number of rotatable bonds is 10. The Morgan fingerprint density at radius 2 is 1.96 bits per heavy atom. The number of thiazole rings is 1. The van der Waals surface area contributed by atoms with Crippen LogP contribution in [0.1, 0.15) is 42.2 Å². The minimum absolute atomic E-state index is 0.129. The van der Waals surface area contributed by atoms with Crippen LogP contribution in [0.3, 0.4) is 0 Å². The Hall–Kier alpha value is -2.26. The number of sulfone groups is 1. The van der Waals surface area contributed by atoms with Crippen molar-refractivity contribution in [2.24, 2.45) is 0 Å². The smallest absolute Gasteiger partial charge is 0.241 e. The number of benzene rings is 1. The van der Waals surface area contributed by atoms with Crippen molar-refractivity contribution in [1.82, 2.24) is 15.1 Å². The third-order valence-corrected chi connectivity index (χ3v) is 5.97. The van der Waals surface area contributed by atoms with Crippen LogP contribution in [0.2, 0.25) is 0 Å². The standard InChI is InChI=1S/C18H21N3O4S2/c1-2-3-9-16-20-17(25-21-16)13-27(22,23)12-14-11-26-18(19-14)10-24-15-7-5-4-6-8-15/h4-8,11H,2-3,9-10,12-13H2,1H3. The third-order valence-electron chi connectivity index (χ3n) is 3.68. The summed E-state index contributed by atoms with van der Waals surface area (Å²) in [6.07, 6.45) is 2.65. The molecule has 0 saturated heterocycles. The van der Waals surface area contributed by atoms with Gasteiger partial charge in [0.15, 0.2) is 15.7 Å². The Morgan fingerprint density at radius 1 is 1.15 bits per heavy atom. The summed E-state index contributed by atoms with van der Waals surface area (Å²) in [7, 11) is -3.44. The van der Waals surface area contributed by atoms with Gasteiger partial charge >= 0.3 is 0 Å². The molecule has 2 heterocycles. The van der Waals surface area contributed by atoms with E-state index < -0.39 is 9.84 Å². The summed E-state index contributed by atoms with van der Waals surface area (Å²) in [5.41, 5.74) is 0.498. The molecule has 0 saturated carbocycles. The van der Waals surface area contributed by atoms with Crippen molar-refractivity contribution in [1.29, 1.82) is 0 Å². The molecule has 0 unspecified atom stereocenters. The van der Waals surface area contributed by atoms with Gasteiger partial charge in [-0.05, 0) is 18.6 Å². The molecule has 0 aliphatic rings. The van der Waals surface area contributed by atoms with Crippen LogP contribution in [0.25, 0.3) is 0 Å². The van der Waals surface area contributed by atoms with E-state index in [9.17, 15) is 8.42 Å². The molecular formula is C18H21N3O4S2. The van der Waals surface area contributed by atoms with Crippen LogP contribution in [-0.4, -0.2) is 23.5 Å². The zero-order valence-corrected chi connectivity index (χ0v) is 16.6. The first kappa shape index (κ1) is 19.5. The first-order valence-corrected chi connectivity index (χ1v) is 11.4. The second-order valence-electron chi connectivity index (χ2n) is 6.07. The van der Waals surface area contributed by atoms with E-state index in [0.717, 1.165) is 23.6 Å². The van der Waals surface area contributed by atoms with Crippen molar-refractivity contribution in [2.45, 2.75) is 44.3 Å². The molecule has 144 valence electrons. The van der Waals surface area contributed by atoms with Crippen molar-refractivity contribution in [3.63, 3.8) is 0 Å². The highest BCUT2D eigenvalue weighted by Gasteiger charge is 2.19. The van der Waals surface area contributed by atoms with Gasteiger partial charge in [-0.1, -0.05) is 36.7 Å². The maximum Gasteiger partial charge on any atom is 0.241 e. The number of unbranched alkanes of at least 4 members (excludes halogenated alkanes) is 1. The van der Waals surface area contributed by atoms with Gasteiger partial charge in [0, 0.05) is 11.8 Å². The van der Waals surface area contributed by atoms with Crippen LogP contribution in [0.5, 0.6) is 5.75 Å². The summed E-state index contributed by atoms with van der Waals surface area (Å²) in [5.74, 6) is 0.984. The number of aromatic nitrogens is 3. The molecule has 0 spiro atoms. The monoisotopic (exact) mass is 407 g/mol. The van der Waals surface area contributed by atoms with Crippen LogP contribution in [-0.2, 0) is 34.4 Å². The fraction of sp³-hybridized carbons (Fsp3) is 0.389. The molecule has 0 amide bonds. The number of nitrogens with zero attached hydrogens (tertiary/aromatic N) is 3. The summed E-state index contributed by atoms with van der Waals surface area (Å²) in [6, 6.07) is 9.41. The minimum Gasteiger partial charge on any atom is -0.486 e. The van der Waals surface area contributed by atoms with E-state index in [2.05, 4.69) is 22.0 Å². The van der Waals surface area contributed by atoms with Crippen LogP contribution in [0.15, 0.2) is 40.2 Å². The molecule has 0 N–H and O–H groups in total. The lowest BCUT2D eigenvalue weighted by molar-refractivity contribution is 0.305. The fourth-order valence-electron chi connectivity index (χ4n) is 2.39. The maximum absolute atomic E-state index is 12.4. The Morgan fingerprint density at radius 3 is 2.74 bits per heavy atom. The Bertz CT molecular complexity index is 952. The topological polar surface area (TPSA) is 95.2 Å². The van der Waals surface area contributed by atoms with Crippen LogP contribution < -0.4 is 4.74 Å². The highest BCUT2D eigenvalue weighted by atomic mass is 32.2. The SMILES string of the molecule is CCCCc1noc(CS(=O)(=O)Cc2csc(COc3ccccc3)n2)n1. The largest absolute Gasteiger partial charge is 0.486 e. The lowest BCUT2D eigenvalue weighted by Crippen LogP contribution is -2.08. The molecule has 0 aliphatic heterocycles. The van der Waals surface area contributed by atoms with Gasteiger partial charge in [-0.2, -0.15) is 4.98 Å². The molecule has 2 aromatic heterocycles. The number of aryl methyl sites for hydroxylation is 1. The normalized spacial score (nSPS) is 11.6. The van der Waals surface area contributed by atoms with E-state index in [1.54, 1.807) is 5.38 Å². The second-order valence-corrected chi connectivity index (χ2v) is 9.08. The van der Waals surface area contributed by atoms with Gasteiger partial charge in [0.05, 0.1) is 11.4 Å². The quantitative estimate of drug-likeness (QED) is 0.507. The van der Waals surface area contributed by atoms with Crippen molar-refractivity contribution in [3.8, 4) is 5.75 Å². The van der Waals surface area contributed by atoms with E-state index in [1.165, 1.54) is 11.3 Å². The highest BCUT2D eigenvalue weighted by molar-refractivity contribution is 7.89. The molecule has 1 aromatic carbocycles. The van der Waals surface area contributed by atoms with Crippen molar-refractivity contribution < 1.29 is 17.7 Å². The van der Waals surface area contributed by atoms with Crippen LogP contribution >= 0.6 is 11.3 Å². The van der Waals surface area contributed by atoms with Gasteiger partial charge in [-0.25, -0.2) is 13.4 Å². The average Bonchev–Trinajstić information content (AvgIpc) is 3.27. The van der Waals surface area contributed by atoms with Gasteiger partial charge < -0.3 is 9.26 Å². The molecule has 27 heavy (non-hydrogen) atoms. The molecule has 7 nitrogen and oxygen atoms in total. The molecule has 0 bridgehead atoms. The molecule has 0 radical (unpaired) electrons. The van der Waals surface area contributed by atoms with Crippen LogP contribution in [0, 0.1) is 0 Å². The highest BCUT2D eigenvalue weighted by Crippen LogP contribution is 2.18. The predicted octanol–water partition coefficient (Wildman–Crippen LogP) is 3.56. The molecule has 3 rings (SSSR count). The molecule has 0 atom stereocenters. The average molecular weight is 408 g/mol. The third kappa shape index (κ3) is 6.14. The molecule has 0 fully saturated rings. The summed E-state index contributed by atoms with van der Waals surface area (Å²) in [5, 5.41) is 6.28. The zero-order chi connectivity index (χ0) is 19.1. The van der Waals surface area contributed by atoms with Gasteiger partial charge in [0.1, 0.15) is 23.1 Å². The summed E-state index contributed by atoms with van der Waals surface area (Å²) in [4.78, 5) is 8.49. The number of hydrogen-bond donors (Lipinski definition) is 0. The van der Waals surface area contributed by atoms with Gasteiger partial charge in [-0.3, -0.25) is 0 Å². The molecule has 3 aromatic rings. The van der Waals surface area contributed by atoms with E-state index >= 15 is 0 Å². The first-order chi connectivity index (χ1) is 13.0. The number of para-hydroxylation sites is 1. The first-order valence-electron chi connectivity index (χ1n) is 8.67. The predicted molar refractivity (Wildman–Crippen MR) is 102 cm³/mol. The molecule has 9 heteroatoms. The van der Waals surface area contributed by atoms with Crippen molar-refractivity contribution in [2.75, 3.05) is 0 Å². The van der Waals surface area contributed by atoms with Crippen molar-refractivity contribution >= 4 is 21.2 Å². The number of ether oxygens (including phenoxy) is 1. The van der Waals surface area contributed by atoms with E-state index in [1.807, 2.05) is 30.3 Å². The Kier molecular flexibility index (Phi) is 6.57. The minimum atomic E-state index is -3.44. The Labute approximate surface area is 162 Å². The van der Waals surface area contributed by atoms with Crippen molar-refractivity contribution in [3.05, 3.63) is 58.1 Å². The van der Waals surface area contributed by atoms with Gasteiger partial charge in [-0.15, -0.1) is 11.3 Å². The fourth-order valence-corrected chi connectivity index (χ4v) is 4.40. The summed E-state index contributed by atoms with van der Waals surface area (Å²) >= 11 is 1.38. The molecular weight excluding hydrogens is 386 g/mol. The second kappa shape index (κ2) is 9.09. The van der Waals surface area contributed by atoms with E-state index in [-0.39, 0.29) is 17.4 Å². The van der Waals surface area contributed by atoms with Gasteiger partial charge in [0.25, 0.3) is 0 Å². The maximum atomic E-state index is 12.4. The zero-order valence-electron chi connectivity index (χ0n) is 15.0. The van der Waals surface area contributed by atoms with E-state index in [4.69, 9.17) is 9.26 Å². The summed E-state index contributed by atoms with van der Waals surface area (Å²) < 4.78 is 35.5. The lowest BCUT2D eigenvalue weighted by Gasteiger charge is -2.02. The number of hydrogen-bond acceptors (Lipinski definition) is 8. The molecule has 0 aliphatic carbocycles. The van der Waals surface area contributed by atoms with Gasteiger partial charge in [0.2, 0.25) is 5.89 Å². The Balaban J connectivity index is 1.54. The lowest BCUT2D eigenvalue weighted by atomic mass is 10.2. The summed E-state index contributed by atoms with van der Waals surface area (Å²) in [6.45, 7) is 2.37. The van der Waals surface area contributed by atoms with Crippen LogP contribution in [0.4, 0.5) is 0 Å². The van der Waals surface area contributed by atoms with E-state index in [0.29, 0.717) is 24.5 Å².